The Labute approximate surface area is 243 Å². The molecule has 220 valence electrons. The minimum atomic E-state index is 0.208. The Bertz CT molecular complexity index is 1130. The van der Waals surface area contributed by atoms with Crippen LogP contribution >= 0.6 is 0 Å². The smallest absolute Gasteiger partial charge is 0.115 e. The second kappa shape index (κ2) is 9.20. The van der Waals surface area contributed by atoms with Gasteiger partial charge in [-0.1, -0.05) is 33.3 Å². The lowest BCUT2D eigenvalue weighted by atomic mass is 9.45. The van der Waals surface area contributed by atoms with Gasteiger partial charge in [-0.25, -0.2) is 0 Å². The monoisotopic (exact) mass is 545 g/mol. The van der Waals surface area contributed by atoms with Gasteiger partial charge in [0.25, 0.3) is 0 Å². The molecule has 3 aliphatic heterocycles. The summed E-state index contributed by atoms with van der Waals surface area (Å²) < 4.78 is 0. The fourth-order valence-electron chi connectivity index (χ4n) is 12.9. The van der Waals surface area contributed by atoms with Crippen molar-refractivity contribution in [3.05, 3.63) is 29.3 Å². The lowest BCUT2D eigenvalue weighted by Gasteiger charge is -2.60. The Kier molecular flexibility index (Phi) is 6.10. The number of fused-ring (bicyclic) bond motifs is 7. The van der Waals surface area contributed by atoms with E-state index in [9.17, 15) is 5.11 Å². The Morgan fingerprint density at radius 1 is 1.05 bits per heavy atom. The molecule has 5 aliphatic carbocycles. The summed E-state index contributed by atoms with van der Waals surface area (Å²) in [5, 5.41) is 14.6. The van der Waals surface area contributed by atoms with E-state index in [0.717, 1.165) is 36.4 Å². The van der Waals surface area contributed by atoms with Crippen molar-refractivity contribution in [2.75, 3.05) is 26.7 Å². The first kappa shape index (κ1) is 26.5. The van der Waals surface area contributed by atoms with Gasteiger partial charge in [-0.15, -0.1) is 0 Å². The highest BCUT2D eigenvalue weighted by Gasteiger charge is 2.68. The summed E-state index contributed by atoms with van der Waals surface area (Å²) in [6.07, 6.45) is 16.7. The van der Waals surface area contributed by atoms with Crippen molar-refractivity contribution in [1.82, 2.24) is 15.1 Å². The van der Waals surface area contributed by atoms with Gasteiger partial charge in [0.2, 0.25) is 0 Å². The van der Waals surface area contributed by atoms with Crippen molar-refractivity contribution < 1.29 is 5.11 Å². The molecule has 3 saturated heterocycles. The van der Waals surface area contributed by atoms with E-state index in [0.29, 0.717) is 34.6 Å². The molecule has 9 rings (SSSR count). The van der Waals surface area contributed by atoms with E-state index in [4.69, 9.17) is 0 Å². The van der Waals surface area contributed by atoms with Crippen molar-refractivity contribution in [3.8, 4) is 5.75 Å². The summed E-state index contributed by atoms with van der Waals surface area (Å²) in [6, 6.07) is 9.31. The van der Waals surface area contributed by atoms with Crippen LogP contribution in [0.5, 0.6) is 5.75 Å². The van der Waals surface area contributed by atoms with E-state index >= 15 is 0 Å². The third-order valence-electron chi connectivity index (χ3n) is 14.7. The molecule has 6 unspecified atom stereocenters. The zero-order chi connectivity index (χ0) is 27.4. The van der Waals surface area contributed by atoms with Gasteiger partial charge in [0, 0.05) is 41.5 Å². The van der Waals surface area contributed by atoms with Crippen molar-refractivity contribution in [2.24, 2.45) is 34.5 Å². The van der Waals surface area contributed by atoms with Gasteiger partial charge in [0.1, 0.15) is 5.75 Å². The molecule has 0 radical (unpaired) electrons. The van der Waals surface area contributed by atoms with Gasteiger partial charge in [-0.3, -0.25) is 4.90 Å². The summed E-state index contributed by atoms with van der Waals surface area (Å²) in [5.74, 6) is 4.11. The molecule has 4 heteroatoms. The molecule has 4 saturated carbocycles. The molecule has 6 bridgehead atoms. The zero-order valence-electron chi connectivity index (χ0n) is 25.8. The number of rotatable bonds is 7. The fourth-order valence-corrected chi connectivity index (χ4v) is 12.9. The molecular formula is C36H55N3O. The molecule has 0 aromatic heterocycles. The fraction of sp³-hybridized carbons (Fsp3) is 0.833. The van der Waals surface area contributed by atoms with E-state index in [1.807, 2.05) is 6.07 Å². The van der Waals surface area contributed by atoms with Crippen molar-refractivity contribution >= 4 is 0 Å². The van der Waals surface area contributed by atoms with Gasteiger partial charge in [0.15, 0.2) is 0 Å². The zero-order valence-corrected chi connectivity index (χ0v) is 25.8. The van der Waals surface area contributed by atoms with Crippen LogP contribution in [0.4, 0.5) is 0 Å². The molecular weight excluding hydrogens is 490 g/mol. The summed E-state index contributed by atoms with van der Waals surface area (Å²) in [4.78, 5) is 5.62. The molecule has 3 heterocycles. The van der Waals surface area contributed by atoms with Crippen molar-refractivity contribution in [1.29, 1.82) is 0 Å². The van der Waals surface area contributed by atoms with Crippen LogP contribution in [0.3, 0.4) is 0 Å². The number of phenolic OH excluding ortho intramolecular Hbond substituents is 1. The van der Waals surface area contributed by atoms with E-state index in [2.05, 4.69) is 55.1 Å². The highest BCUT2D eigenvalue weighted by molar-refractivity contribution is 5.48. The van der Waals surface area contributed by atoms with E-state index in [-0.39, 0.29) is 5.41 Å². The van der Waals surface area contributed by atoms with Crippen LogP contribution in [0.15, 0.2) is 18.2 Å². The van der Waals surface area contributed by atoms with Gasteiger partial charge in [-0.2, -0.15) is 0 Å². The number of benzene rings is 1. The maximum atomic E-state index is 10.5. The molecule has 1 aromatic rings. The molecule has 0 amide bonds. The third-order valence-corrected chi connectivity index (χ3v) is 14.7. The number of nitrogens with zero attached hydrogens (tertiary/aromatic N) is 2. The molecule has 9 atom stereocenters. The van der Waals surface area contributed by atoms with Gasteiger partial charge in [-0.05, 0) is 143 Å². The number of hydrogen-bond donors (Lipinski definition) is 2. The maximum Gasteiger partial charge on any atom is 0.115 e. The first-order valence-electron chi connectivity index (χ1n) is 17.2. The molecule has 8 aliphatic rings. The second-order valence-electron chi connectivity index (χ2n) is 16.7. The van der Waals surface area contributed by atoms with Crippen LogP contribution < -0.4 is 5.32 Å². The van der Waals surface area contributed by atoms with Crippen LogP contribution in [-0.4, -0.2) is 65.8 Å². The van der Waals surface area contributed by atoms with Gasteiger partial charge in [0.05, 0.1) is 0 Å². The van der Waals surface area contributed by atoms with Crippen LogP contribution in [-0.2, 0) is 11.8 Å². The van der Waals surface area contributed by atoms with Crippen LogP contribution in [0, 0.1) is 34.5 Å². The largest absolute Gasteiger partial charge is 0.508 e. The SMILES string of the molecule is C[C@H]1C2N(C)CC23Cc2ccc(O)cc2[C@@]1(CCNC1CC2CCCC(C1)N2CC[C@@H]1CCC2CC1C2(C)C)C3. The second-order valence-corrected chi connectivity index (χ2v) is 16.7. The molecule has 40 heavy (non-hydrogen) atoms. The molecule has 4 nitrogen and oxygen atoms in total. The maximum absolute atomic E-state index is 10.5. The summed E-state index contributed by atoms with van der Waals surface area (Å²) >= 11 is 0. The Morgan fingerprint density at radius 2 is 1.85 bits per heavy atom. The summed E-state index contributed by atoms with van der Waals surface area (Å²) in [6.45, 7) is 11.4. The molecule has 2 N–H and O–H groups in total. The minimum Gasteiger partial charge on any atom is -0.508 e. The highest BCUT2D eigenvalue weighted by atomic mass is 16.3. The van der Waals surface area contributed by atoms with Gasteiger partial charge >= 0.3 is 0 Å². The lowest BCUT2D eigenvalue weighted by molar-refractivity contribution is -0.110. The number of aromatic hydroxyl groups is 1. The highest BCUT2D eigenvalue weighted by Crippen LogP contribution is 2.67. The average molecular weight is 546 g/mol. The van der Waals surface area contributed by atoms with Crippen molar-refractivity contribution in [2.45, 2.75) is 127 Å². The first-order chi connectivity index (χ1) is 19.2. The number of nitrogens with one attached hydrogen (secondary N) is 1. The average Bonchev–Trinajstić information content (AvgIpc) is 3.07. The Balaban J connectivity index is 0.919. The number of hydrogen-bond acceptors (Lipinski definition) is 4. The molecule has 1 aromatic carbocycles. The third kappa shape index (κ3) is 3.73. The van der Waals surface area contributed by atoms with E-state index in [1.165, 1.54) is 101 Å². The molecule has 7 fully saturated rings. The lowest BCUT2D eigenvalue weighted by Crippen LogP contribution is -2.62. The Morgan fingerprint density at radius 3 is 2.58 bits per heavy atom. The predicted octanol–water partition coefficient (Wildman–Crippen LogP) is 6.35. The minimum absolute atomic E-state index is 0.208. The number of phenols is 1. The quantitative estimate of drug-likeness (QED) is 0.419. The van der Waals surface area contributed by atoms with Crippen molar-refractivity contribution in [3.63, 3.8) is 0 Å². The van der Waals surface area contributed by atoms with E-state index < -0.39 is 0 Å². The van der Waals surface area contributed by atoms with Crippen LogP contribution in [0.25, 0.3) is 0 Å². The number of likely N-dealkylation sites (tertiary alicyclic amines) is 1. The first-order valence-corrected chi connectivity index (χ1v) is 17.2. The summed E-state index contributed by atoms with van der Waals surface area (Å²) in [5.41, 5.74) is 4.30. The van der Waals surface area contributed by atoms with Crippen LogP contribution in [0.1, 0.15) is 103 Å². The van der Waals surface area contributed by atoms with E-state index in [1.54, 1.807) is 0 Å². The predicted molar refractivity (Wildman–Crippen MR) is 163 cm³/mol. The normalized spacial score (nSPS) is 46.7. The van der Waals surface area contributed by atoms with Crippen LogP contribution in [0.2, 0.25) is 0 Å². The standard InChI is InChI=1S/C36H55N3O/c1-23-33-35(22-38(33)4)20-25-9-11-30(40)19-32(25)36(23,21-35)13-14-37-27-17-28-6-5-7-29(18-27)39(28)15-12-24-8-10-26-16-31(24)34(26,2)3/h9,11,19,23-24,26-29,31,33,37,40H,5-8,10,12-18,20-22H2,1-4H3/t23-,24-,26?,27?,28?,29?,31?,33?,35?,36-/m0/s1. The summed E-state index contributed by atoms with van der Waals surface area (Å²) in [7, 11) is 2.34. The molecule has 1 spiro atoms. The Hall–Kier alpha value is -1.10. The van der Waals surface area contributed by atoms with Gasteiger partial charge < -0.3 is 15.3 Å². The topological polar surface area (TPSA) is 38.7 Å². The number of piperidine rings is 2.